The normalized spacial score (nSPS) is 21.8. The second-order valence-corrected chi connectivity index (χ2v) is 12.2. The van der Waals surface area contributed by atoms with Crippen LogP contribution in [0.5, 0.6) is 5.75 Å². The van der Waals surface area contributed by atoms with Gasteiger partial charge in [0.25, 0.3) is 10.1 Å². The minimum Gasteiger partial charge on any atom is -0.463 e. The van der Waals surface area contributed by atoms with Gasteiger partial charge in [0.15, 0.2) is 12.2 Å². The van der Waals surface area contributed by atoms with Crippen molar-refractivity contribution in [1.82, 2.24) is 0 Å². The van der Waals surface area contributed by atoms with Crippen LogP contribution in [0.3, 0.4) is 0 Å². The van der Waals surface area contributed by atoms with E-state index in [4.69, 9.17) is 37.3 Å². The summed E-state index contributed by atoms with van der Waals surface area (Å²) in [5, 5.41) is 2.51. The zero-order valence-electron chi connectivity index (χ0n) is 25.6. The summed E-state index contributed by atoms with van der Waals surface area (Å²) in [6.45, 7) is 8.30. The number of hydrogen-bond acceptors (Lipinski definition) is 15. The smallest absolute Gasteiger partial charge is 0.412 e. The molecular formula is C27H37NO15S. The van der Waals surface area contributed by atoms with Crippen LogP contribution in [-0.2, 0) is 68.5 Å². The van der Waals surface area contributed by atoms with Gasteiger partial charge in [-0.15, -0.1) is 0 Å². The van der Waals surface area contributed by atoms with Gasteiger partial charge in [-0.2, -0.15) is 8.42 Å². The Labute approximate surface area is 254 Å². The lowest BCUT2D eigenvalue weighted by Gasteiger charge is -2.44. The molecule has 0 aromatic heterocycles. The molecule has 1 aliphatic rings. The molecule has 1 amide bonds. The van der Waals surface area contributed by atoms with Gasteiger partial charge in [-0.05, 0) is 39.0 Å². The molecule has 246 valence electrons. The fourth-order valence-corrected chi connectivity index (χ4v) is 4.23. The third kappa shape index (κ3) is 12.3. The van der Waals surface area contributed by atoms with E-state index in [1.807, 2.05) is 0 Å². The summed E-state index contributed by atoms with van der Waals surface area (Å²) in [4.78, 5) is 60.0. The van der Waals surface area contributed by atoms with Crippen LogP contribution in [0, 0.1) is 0 Å². The molecule has 0 bridgehead atoms. The standard InChI is InChI=1S/C27H37NO15S/c1-14(29)36-13-21-22(38-15(2)30)23(39-16(3)31)24(40-17(4)32)25(42-21)41-20-10-9-19(28-26(33)43-27(5,6)7)11-18(20)12-37-44(8,34)35/h9-11,21-25H,12-13H2,1-8H3,(H,28,33)/t21-,22+,23+,24-,25-/m1/s1. The molecule has 1 fully saturated rings. The van der Waals surface area contributed by atoms with E-state index in [0.29, 0.717) is 0 Å². The van der Waals surface area contributed by atoms with Gasteiger partial charge in [-0.1, -0.05) is 0 Å². The molecule has 5 atom stereocenters. The summed E-state index contributed by atoms with van der Waals surface area (Å²) < 4.78 is 66.8. The van der Waals surface area contributed by atoms with Crippen LogP contribution >= 0.6 is 0 Å². The molecular weight excluding hydrogens is 610 g/mol. The van der Waals surface area contributed by atoms with Crippen molar-refractivity contribution < 1.29 is 69.7 Å². The van der Waals surface area contributed by atoms with Crippen LogP contribution in [0.25, 0.3) is 0 Å². The zero-order chi connectivity index (χ0) is 33.4. The summed E-state index contributed by atoms with van der Waals surface area (Å²) in [6, 6.07) is 4.08. The summed E-state index contributed by atoms with van der Waals surface area (Å²) in [7, 11) is -3.95. The highest BCUT2D eigenvalue weighted by Crippen LogP contribution is 2.33. The molecule has 1 aliphatic heterocycles. The molecule has 2 rings (SSSR count). The van der Waals surface area contributed by atoms with Crippen molar-refractivity contribution in [3.8, 4) is 5.75 Å². The van der Waals surface area contributed by atoms with E-state index >= 15 is 0 Å². The molecule has 0 aliphatic carbocycles. The Morgan fingerprint density at radius 2 is 1.43 bits per heavy atom. The second kappa shape index (κ2) is 15.2. The molecule has 17 heteroatoms. The van der Waals surface area contributed by atoms with Crippen LogP contribution in [0.1, 0.15) is 54.0 Å². The third-order valence-electron chi connectivity index (χ3n) is 5.33. The number of carbonyl (C=O) groups is 5. The van der Waals surface area contributed by atoms with Crippen molar-refractivity contribution in [1.29, 1.82) is 0 Å². The van der Waals surface area contributed by atoms with Gasteiger partial charge in [-0.25, -0.2) is 4.79 Å². The minimum absolute atomic E-state index is 0.0655. The van der Waals surface area contributed by atoms with Crippen LogP contribution in [0.2, 0.25) is 0 Å². The van der Waals surface area contributed by atoms with E-state index in [9.17, 15) is 32.4 Å². The van der Waals surface area contributed by atoms with Crippen molar-refractivity contribution in [3.63, 3.8) is 0 Å². The van der Waals surface area contributed by atoms with E-state index in [1.165, 1.54) is 18.2 Å². The van der Waals surface area contributed by atoms with Crippen molar-refractivity contribution in [2.24, 2.45) is 0 Å². The maximum Gasteiger partial charge on any atom is 0.412 e. The lowest BCUT2D eigenvalue weighted by molar-refractivity contribution is -0.288. The molecule has 0 saturated carbocycles. The molecule has 1 N–H and O–H groups in total. The minimum atomic E-state index is -3.95. The Morgan fingerprint density at radius 1 is 0.864 bits per heavy atom. The largest absolute Gasteiger partial charge is 0.463 e. The number of hydrogen-bond donors (Lipinski definition) is 1. The average molecular weight is 648 g/mol. The van der Waals surface area contributed by atoms with Crippen molar-refractivity contribution >= 4 is 45.8 Å². The van der Waals surface area contributed by atoms with Gasteiger partial charge in [-0.3, -0.25) is 28.7 Å². The molecule has 1 aromatic rings. The van der Waals surface area contributed by atoms with Gasteiger partial charge in [0.05, 0.1) is 12.9 Å². The highest BCUT2D eigenvalue weighted by Gasteiger charge is 2.53. The number of benzene rings is 1. The van der Waals surface area contributed by atoms with E-state index in [0.717, 1.165) is 34.0 Å². The number of amides is 1. The molecule has 0 radical (unpaired) electrons. The second-order valence-electron chi connectivity index (χ2n) is 10.6. The van der Waals surface area contributed by atoms with Crippen LogP contribution in [0.4, 0.5) is 10.5 Å². The summed E-state index contributed by atoms with van der Waals surface area (Å²) in [6.07, 6.45) is -7.30. The monoisotopic (exact) mass is 647 g/mol. The predicted octanol–water partition coefficient (Wildman–Crippen LogP) is 1.97. The first kappa shape index (κ1) is 36.2. The third-order valence-corrected chi connectivity index (χ3v) is 5.87. The Bertz CT molecular complexity index is 1340. The fraction of sp³-hybridized carbons (Fsp3) is 0.593. The van der Waals surface area contributed by atoms with Gasteiger partial charge in [0.2, 0.25) is 12.4 Å². The molecule has 0 unspecified atom stereocenters. The van der Waals surface area contributed by atoms with E-state index in [1.54, 1.807) is 20.8 Å². The highest BCUT2D eigenvalue weighted by molar-refractivity contribution is 7.85. The van der Waals surface area contributed by atoms with Crippen molar-refractivity contribution in [2.45, 2.75) is 91.4 Å². The van der Waals surface area contributed by atoms with Gasteiger partial charge in [0.1, 0.15) is 24.1 Å². The quantitative estimate of drug-likeness (QED) is 0.207. The summed E-state index contributed by atoms with van der Waals surface area (Å²) >= 11 is 0. The number of esters is 4. The Balaban J connectivity index is 2.57. The number of anilines is 1. The molecule has 44 heavy (non-hydrogen) atoms. The summed E-state index contributed by atoms with van der Waals surface area (Å²) in [5.74, 6) is -3.26. The number of rotatable bonds is 11. The van der Waals surface area contributed by atoms with E-state index in [2.05, 4.69) is 5.32 Å². The van der Waals surface area contributed by atoms with Gasteiger partial charge < -0.3 is 33.2 Å². The van der Waals surface area contributed by atoms with Crippen molar-refractivity contribution in [3.05, 3.63) is 23.8 Å². The van der Waals surface area contributed by atoms with E-state index in [-0.39, 0.29) is 17.0 Å². The zero-order valence-corrected chi connectivity index (χ0v) is 26.4. The van der Waals surface area contributed by atoms with Crippen LogP contribution in [0.15, 0.2) is 18.2 Å². The first-order valence-electron chi connectivity index (χ1n) is 13.2. The number of nitrogens with one attached hydrogen (secondary N) is 1. The molecule has 16 nitrogen and oxygen atoms in total. The topological polar surface area (TPSA) is 205 Å². The van der Waals surface area contributed by atoms with Gasteiger partial charge >= 0.3 is 30.0 Å². The SMILES string of the molecule is CC(=O)OC[C@H]1O[C@@H](Oc2ccc(NC(=O)OC(C)(C)C)cc2COS(C)(=O)=O)[C@H](OC(C)=O)[C@@H](OC(C)=O)[C@H]1OC(C)=O. The van der Waals surface area contributed by atoms with Gasteiger partial charge in [0, 0.05) is 38.9 Å². The summed E-state index contributed by atoms with van der Waals surface area (Å²) in [5.41, 5.74) is -0.540. The lowest BCUT2D eigenvalue weighted by Crippen LogP contribution is -2.63. The lowest BCUT2D eigenvalue weighted by atomic mass is 9.98. The fourth-order valence-electron chi connectivity index (χ4n) is 3.89. The average Bonchev–Trinajstić information content (AvgIpc) is 2.83. The first-order chi connectivity index (χ1) is 20.2. The molecule has 1 aromatic carbocycles. The number of carbonyl (C=O) groups excluding carboxylic acids is 5. The molecule has 0 spiro atoms. The first-order valence-corrected chi connectivity index (χ1v) is 15.0. The Kier molecular flexibility index (Phi) is 12.5. The Morgan fingerprint density at radius 3 is 1.95 bits per heavy atom. The predicted molar refractivity (Wildman–Crippen MR) is 149 cm³/mol. The maximum atomic E-state index is 12.3. The number of ether oxygens (including phenoxy) is 7. The van der Waals surface area contributed by atoms with E-state index < -0.39 is 89.6 Å². The Hall–Kier alpha value is -3.96. The maximum absolute atomic E-state index is 12.3. The molecule has 1 heterocycles. The molecule has 1 saturated heterocycles. The van der Waals surface area contributed by atoms with Crippen LogP contribution < -0.4 is 10.1 Å². The van der Waals surface area contributed by atoms with Crippen molar-refractivity contribution in [2.75, 3.05) is 18.2 Å². The highest BCUT2D eigenvalue weighted by atomic mass is 32.2. The van der Waals surface area contributed by atoms with Crippen LogP contribution in [-0.4, -0.2) is 87.6 Å².